The first-order chi connectivity index (χ1) is 6.15. The Kier molecular flexibility index (Phi) is 4.08. The van der Waals surface area contributed by atoms with Gasteiger partial charge in [0.15, 0.2) is 0 Å². The van der Waals surface area contributed by atoms with Gasteiger partial charge in [-0.25, -0.2) is 0 Å². The molecular formula is C8H18N2O3. The average Bonchev–Trinajstić information content (AvgIpc) is 2.17. The molecule has 0 saturated carbocycles. The van der Waals surface area contributed by atoms with E-state index in [1.165, 1.54) is 0 Å². The largest absolute Gasteiger partial charge is 0.394 e. The van der Waals surface area contributed by atoms with Gasteiger partial charge in [-0.15, -0.1) is 0 Å². The van der Waals surface area contributed by atoms with Crippen LogP contribution in [0, 0.1) is 0 Å². The number of hydrogen-bond acceptors (Lipinski definition) is 5. The third-order valence-corrected chi connectivity index (χ3v) is 2.44. The monoisotopic (exact) mass is 190 g/mol. The van der Waals surface area contributed by atoms with Gasteiger partial charge in [0.2, 0.25) is 0 Å². The standard InChI is InChI=1S/C8H18N2O3/c1-9-2-4-10(5-3-9)8(13)7(12)6-11/h7-8,11-13H,2-6H2,1H3. The van der Waals surface area contributed by atoms with Crippen molar-refractivity contribution in [1.29, 1.82) is 0 Å². The van der Waals surface area contributed by atoms with E-state index < -0.39 is 18.9 Å². The molecule has 0 spiro atoms. The summed E-state index contributed by atoms with van der Waals surface area (Å²) in [5, 5.41) is 27.4. The van der Waals surface area contributed by atoms with Crippen molar-refractivity contribution >= 4 is 0 Å². The Morgan fingerprint density at radius 3 is 2.15 bits per heavy atom. The van der Waals surface area contributed by atoms with E-state index in [2.05, 4.69) is 4.90 Å². The number of nitrogens with zero attached hydrogens (tertiary/aromatic N) is 2. The minimum absolute atomic E-state index is 0.395. The van der Waals surface area contributed by atoms with E-state index >= 15 is 0 Å². The minimum atomic E-state index is -1.05. The van der Waals surface area contributed by atoms with E-state index in [0.29, 0.717) is 0 Å². The summed E-state index contributed by atoms with van der Waals surface area (Å²) in [5.41, 5.74) is 0. The number of aliphatic hydroxyl groups excluding tert-OH is 3. The molecule has 0 amide bonds. The summed E-state index contributed by atoms with van der Waals surface area (Å²) < 4.78 is 0. The Hall–Kier alpha value is -0.200. The molecule has 1 rings (SSSR count). The van der Waals surface area contributed by atoms with Gasteiger partial charge in [-0.1, -0.05) is 0 Å². The van der Waals surface area contributed by atoms with Crippen molar-refractivity contribution in [1.82, 2.24) is 9.80 Å². The average molecular weight is 190 g/mol. The molecule has 3 N–H and O–H groups in total. The van der Waals surface area contributed by atoms with Gasteiger partial charge in [-0.05, 0) is 7.05 Å². The molecule has 5 heteroatoms. The molecule has 1 heterocycles. The number of rotatable bonds is 3. The zero-order valence-corrected chi connectivity index (χ0v) is 7.93. The van der Waals surface area contributed by atoms with Crippen molar-refractivity contribution in [2.75, 3.05) is 39.8 Å². The maximum Gasteiger partial charge on any atom is 0.135 e. The maximum absolute atomic E-state index is 9.53. The number of piperazine rings is 1. The zero-order valence-electron chi connectivity index (χ0n) is 7.93. The predicted octanol–water partition coefficient (Wildman–Crippen LogP) is -2.09. The third kappa shape index (κ3) is 2.89. The number of aliphatic hydroxyl groups is 3. The highest BCUT2D eigenvalue weighted by atomic mass is 16.4. The van der Waals surface area contributed by atoms with Crippen molar-refractivity contribution in [2.24, 2.45) is 0 Å². The lowest BCUT2D eigenvalue weighted by Gasteiger charge is -2.36. The van der Waals surface area contributed by atoms with Crippen LogP contribution in [0.25, 0.3) is 0 Å². The second-order valence-electron chi connectivity index (χ2n) is 3.50. The SMILES string of the molecule is CN1CCN(C(O)C(O)CO)CC1. The molecule has 2 unspecified atom stereocenters. The van der Waals surface area contributed by atoms with Crippen molar-refractivity contribution in [3.8, 4) is 0 Å². The van der Waals surface area contributed by atoms with Crippen LogP contribution in [0.3, 0.4) is 0 Å². The van der Waals surface area contributed by atoms with E-state index in [0.717, 1.165) is 26.2 Å². The van der Waals surface area contributed by atoms with E-state index in [9.17, 15) is 10.2 Å². The second kappa shape index (κ2) is 4.88. The van der Waals surface area contributed by atoms with Crippen molar-refractivity contribution in [3.05, 3.63) is 0 Å². The lowest BCUT2D eigenvalue weighted by molar-refractivity contribution is -0.109. The highest BCUT2D eigenvalue weighted by Gasteiger charge is 2.25. The van der Waals surface area contributed by atoms with Crippen LogP contribution in [0.15, 0.2) is 0 Å². The molecule has 0 radical (unpaired) electrons. The molecule has 0 aromatic heterocycles. The van der Waals surface area contributed by atoms with Crippen LogP contribution in [0.5, 0.6) is 0 Å². The van der Waals surface area contributed by atoms with Gasteiger partial charge >= 0.3 is 0 Å². The first-order valence-electron chi connectivity index (χ1n) is 4.54. The normalized spacial score (nSPS) is 25.8. The van der Waals surface area contributed by atoms with Crippen molar-refractivity contribution < 1.29 is 15.3 Å². The Morgan fingerprint density at radius 1 is 1.15 bits per heavy atom. The van der Waals surface area contributed by atoms with Crippen LogP contribution in [-0.2, 0) is 0 Å². The molecule has 1 saturated heterocycles. The highest BCUT2D eigenvalue weighted by Crippen LogP contribution is 2.05. The predicted molar refractivity (Wildman–Crippen MR) is 48.2 cm³/mol. The number of likely N-dealkylation sites (N-methyl/N-ethyl adjacent to an activating group) is 1. The summed E-state index contributed by atoms with van der Waals surface area (Å²) in [4.78, 5) is 3.94. The molecule has 2 atom stereocenters. The smallest absolute Gasteiger partial charge is 0.135 e. The Labute approximate surface area is 78.2 Å². The van der Waals surface area contributed by atoms with E-state index in [1.807, 2.05) is 7.05 Å². The molecular weight excluding hydrogens is 172 g/mol. The molecule has 1 aliphatic rings. The van der Waals surface area contributed by atoms with Crippen LogP contribution in [0.2, 0.25) is 0 Å². The lowest BCUT2D eigenvalue weighted by Crippen LogP contribution is -2.53. The zero-order chi connectivity index (χ0) is 9.84. The Balaban J connectivity index is 2.35. The third-order valence-electron chi connectivity index (χ3n) is 2.44. The summed E-state index contributed by atoms with van der Waals surface area (Å²) in [7, 11) is 2.02. The molecule has 0 aromatic rings. The summed E-state index contributed by atoms with van der Waals surface area (Å²) in [5.74, 6) is 0. The minimum Gasteiger partial charge on any atom is -0.394 e. The fourth-order valence-electron chi connectivity index (χ4n) is 1.42. The van der Waals surface area contributed by atoms with Gasteiger partial charge in [0.05, 0.1) is 6.61 Å². The lowest BCUT2D eigenvalue weighted by atomic mass is 10.2. The summed E-state index contributed by atoms with van der Waals surface area (Å²) >= 11 is 0. The van der Waals surface area contributed by atoms with E-state index in [1.54, 1.807) is 4.90 Å². The summed E-state index contributed by atoms with van der Waals surface area (Å²) in [6, 6.07) is 0. The van der Waals surface area contributed by atoms with Crippen LogP contribution < -0.4 is 0 Å². The second-order valence-corrected chi connectivity index (χ2v) is 3.50. The first-order valence-corrected chi connectivity index (χ1v) is 4.54. The molecule has 1 aliphatic heterocycles. The molecule has 5 nitrogen and oxygen atoms in total. The van der Waals surface area contributed by atoms with Gasteiger partial charge in [0, 0.05) is 26.2 Å². The molecule has 78 valence electrons. The molecule has 0 aromatic carbocycles. The molecule has 13 heavy (non-hydrogen) atoms. The molecule has 0 aliphatic carbocycles. The first kappa shape index (κ1) is 10.9. The van der Waals surface area contributed by atoms with Gasteiger partial charge in [-0.2, -0.15) is 0 Å². The van der Waals surface area contributed by atoms with Gasteiger partial charge in [-0.3, -0.25) is 4.90 Å². The quantitative estimate of drug-likeness (QED) is 0.476. The van der Waals surface area contributed by atoms with Crippen LogP contribution in [0.1, 0.15) is 0 Å². The van der Waals surface area contributed by atoms with Crippen LogP contribution in [0.4, 0.5) is 0 Å². The molecule has 0 bridgehead atoms. The molecule has 1 fully saturated rings. The van der Waals surface area contributed by atoms with Crippen molar-refractivity contribution in [2.45, 2.75) is 12.3 Å². The van der Waals surface area contributed by atoms with Crippen molar-refractivity contribution in [3.63, 3.8) is 0 Å². The summed E-state index contributed by atoms with van der Waals surface area (Å²) in [6.07, 6.45) is -1.98. The van der Waals surface area contributed by atoms with Crippen LogP contribution >= 0.6 is 0 Å². The Bertz CT molecular complexity index is 148. The maximum atomic E-state index is 9.53. The summed E-state index contributed by atoms with van der Waals surface area (Å²) in [6.45, 7) is 2.83. The Morgan fingerprint density at radius 2 is 1.69 bits per heavy atom. The number of hydrogen-bond donors (Lipinski definition) is 3. The fourth-order valence-corrected chi connectivity index (χ4v) is 1.42. The highest BCUT2D eigenvalue weighted by molar-refractivity contribution is 4.75. The van der Waals surface area contributed by atoms with Gasteiger partial charge in [0.1, 0.15) is 12.3 Å². The van der Waals surface area contributed by atoms with Crippen LogP contribution in [-0.4, -0.2) is 77.3 Å². The van der Waals surface area contributed by atoms with Gasteiger partial charge in [0.25, 0.3) is 0 Å². The van der Waals surface area contributed by atoms with E-state index in [4.69, 9.17) is 5.11 Å². The topological polar surface area (TPSA) is 67.2 Å². The van der Waals surface area contributed by atoms with Gasteiger partial charge < -0.3 is 20.2 Å². The fraction of sp³-hybridized carbons (Fsp3) is 1.00. The van der Waals surface area contributed by atoms with E-state index in [-0.39, 0.29) is 0 Å².